The molecular formula is C14H17ClN4O. The second-order valence-corrected chi connectivity index (χ2v) is 4.58. The van der Waals surface area contributed by atoms with Gasteiger partial charge in [-0.05, 0) is 30.7 Å². The smallest absolute Gasteiger partial charge is 0.224 e. The van der Waals surface area contributed by atoms with Crippen LogP contribution >= 0.6 is 11.6 Å². The Labute approximate surface area is 123 Å². The van der Waals surface area contributed by atoms with Gasteiger partial charge in [-0.15, -0.1) is 0 Å². The molecule has 2 aromatic rings. The lowest BCUT2D eigenvalue weighted by Gasteiger charge is -2.10. The van der Waals surface area contributed by atoms with Crippen LogP contribution in [-0.2, 0) is 0 Å². The molecule has 0 unspecified atom stereocenters. The van der Waals surface area contributed by atoms with Gasteiger partial charge < -0.3 is 15.4 Å². The van der Waals surface area contributed by atoms with Gasteiger partial charge in [0.25, 0.3) is 0 Å². The van der Waals surface area contributed by atoms with Crippen molar-refractivity contribution in [2.45, 2.75) is 13.3 Å². The summed E-state index contributed by atoms with van der Waals surface area (Å²) in [5.74, 6) is 1.94. The molecule has 0 bridgehead atoms. The van der Waals surface area contributed by atoms with Crippen LogP contribution in [0.25, 0.3) is 0 Å². The molecule has 0 atom stereocenters. The molecule has 0 aliphatic heterocycles. The standard InChI is InChI=1S/C14H17ClN4O/c1-3-8-16-14-17-9-12(15)13(19-14)18-10-4-6-11(20-2)7-5-10/h4-7,9H,3,8H2,1-2H3,(H2,16,17,18,19). The van der Waals surface area contributed by atoms with Crippen LogP contribution in [0, 0.1) is 0 Å². The minimum atomic E-state index is 0.475. The van der Waals surface area contributed by atoms with Gasteiger partial charge in [-0.25, -0.2) is 4.98 Å². The number of anilines is 3. The number of ether oxygens (including phenoxy) is 1. The highest BCUT2D eigenvalue weighted by molar-refractivity contribution is 6.32. The van der Waals surface area contributed by atoms with Gasteiger partial charge in [0.1, 0.15) is 10.8 Å². The normalized spacial score (nSPS) is 10.2. The zero-order chi connectivity index (χ0) is 14.4. The van der Waals surface area contributed by atoms with E-state index in [9.17, 15) is 0 Å². The van der Waals surface area contributed by atoms with E-state index in [1.807, 2.05) is 24.3 Å². The van der Waals surface area contributed by atoms with Gasteiger partial charge in [0.2, 0.25) is 5.95 Å². The quantitative estimate of drug-likeness (QED) is 0.850. The van der Waals surface area contributed by atoms with Crippen LogP contribution in [0.3, 0.4) is 0 Å². The molecule has 2 N–H and O–H groups in total. The van der Waals surface area contributed by atoms with Crippen molar-refractivity contribution in [3.05, 3.63) is 35.5 Å². The number of hydrogen-bond donors (Lipinski definition) is 2. The fraction of sp³-hybridized carbons (Fsp3) is 0.286. The highest BCUT2D eigenvalue weighted by Gasteiger charge is 2.05. The molecule has 20 heavy (non-hydrogen) atoms. The van der Waals surface area contributed by atoms with Gasteiger partial charge in [0.15, 0.2) is 5.82 Å². The molecule has 1 heterocycles. The topological polar surface area (TPSA) is 59.1 Å². The lowest BCUT2D eigenvalue weighted by Crippen LogP contribution is -2.06. The maximum Gasteiger partial charge on any atom is 0.224 e. The summed E-state index contributed by atoms with van der Waals surface area (Å²) in [5, 5.41) is 6.76. The predicted molar refractivity (Wildman–Crippen MR) is 82.1 cm³/mol. The number of nitrogens with one attached hydrogen (secondary N) is 2. The van der Waals surface area contributed by atoms with E-state index < -0.39 is 0 Å². The number of methoxy groups -OCH3 is 1. The van der Waals surface area contributed by atoms with Crippen LogP contribution in [0.4, 0.5) is 17.5 Å². The summed E-state index contributed by atoms with van der Waals surface area (Å²) < 4.78 is 5.12. The molecule has 0 spiro atoms. The van der Waals surface area contributed by atoms with Crippen molar-refractivity contribution < 1.29 is 4.74 Å². The fourth-order valence-corrected chi connectivity index (χ4v) is 1.73. The van der Waals surface area contributed by atoms with E-state index in [2.05, 4.69) is 27.5 Å². The van der Waals surface area contributed by atoms with Gasteiger partial charge >= 0.3 is 0 Å². The number of hydrogen-bond acceptors (Lipinski definition) is 5. The molecular weight excluding hydrogens is 276 g/mol. The molecule has 0 radical (unpaired) electrons. The van der Waals surface area contributed by atoms with E-state index >= 15 is 0 Å². The van der Waals surface area contributed by atoms with E-state index in [1.165, 1.54) is 0 Å². The Hall–Kier alpha value is -2.01. The SMILES string of the molecule is CCCNc1ncc(Cl)c(Nc2ccc(OC)cc2)n1. The molecule has 0 aliphatic rings. The first-order chi connectivity index (χ1) is 9.72. The molecule has 0 saturated heterocycles. The molecule has 0 saturated carbocycles. The Morgan fingerprint density at radius 1 is 1.25 bits per heavy atom. The predicted octanol–water partition coefficient (Wildman–Crippen LogP) is 3.70. The highest BCUT2D eigenvalue weighted by Crippen LogP contribution is 2.24. The monoisotopic (exact) mass is 292 g/mol. The maximum atomic E-state index is 6.10. The molecule has 106 valence electrons. The second kappa shape index (κ2) is 6.96. The molecule has 6 heteroatoms. The van der Waals surface area contributed by atoms with E-state index in [0.29, 0.717) is 16.8 Å². The molecule has 0 amide bonds. The van der Waals surface area contributed by atoms with Crippen LogP contribution in [0.15, 0.2) is 30.5 Å². The zero-order valence-corrected chi connectivity index (χ0v) is 12.2. The number of halogens is 1. The first-order valence-corrected chi connectivity index (χ1v) is 6.78. The van der Waals surface area contributed by atoms with E-state index in [4.69, 9.17) is 16.3 Å². The van der Waals surface area contributed by atoms with Crippen molar-refractivity contribution in [3.8, 4) is 5.75 Å². The van der Waals surface area contributed by atoms with E-state index in [0.717, 1.165) is 24.4 Å². The molecule has 2 rings (SSSR count). The van der Waals surface area contributed by atoms with Crippen LogP contribution in [-0.4, -0.2) is 23.6 Å². The molecule has 1 aromatic carbocycles. The van der Waals surface area contributed by atoms with Gasteiger partial charge in [-0.1, -0.05) is 18.5 Å². The van der Waals surface area contributed by atoms with E-state index in [-0.39, 0.29) is 0 Å². The van der Waals surface area contributed by atoms with E-state index in [1.54, 1.807) is 13.3 Å². The third-order valence-corrected chi connectivity index (χ3v) is 2.91. The number of aromatic nitrogens is 2. The first kappa shape index (κ1) is 14.4. The van der Waals surface area contributed by atoms with Gasteiger partial charge in [0, 0.05) is 12.2 Å². The van der Waals surface area contributed by atoms with Crippen molar-refractivity contribution in [2.75, 3.05) is 24.3 Å². The number of rotatable bonds is 6. The molecule has 5 nitrogen and oxygen atoms in total. The molecule has 1 aromatic heterocycles. The minimum absolute atomic E-state index is 0.475. The average molecular weight is 293 g/mol. The van der Waals surface area contributed by atoms with Gasteiger partial charge in [0.05, 0.1) is 13.3 Å². The zero-order valence-electron chi connectivity index (χ0n) is 11.5. The summed E-state index contributed by atoms with van der Waals surface area (Å²) in [6.45, 7) is 2.91. The summed E-state index contributed by atoms with van der Waals surface area (Å²) in [6.07, 6.45) is 2.59. The summed E-state index contributed by atoms with van der Waals surface area (Å²) in [7, 11) is 1.63. The van der Waals surface area contributed by atoms with Crippen molar-refractivity contribution in [2.24, 2.45) is 0 Å². The Kier molecular flexibility index (Phi) is 5.01. The Balaban J connectivity index is 2.14. The highest BCUT2D eigenvalue weighted by atomic mass is 35.5. The third kappa shape index (κ3) is 3.74. The van der Waals surface area contributed by atoms with Crippen LogP contribution in [0.1, 0.15) is 13.3 Å². The largest absolute Gasteiger partial charge is 0.497 e. The average Bonchev–Trinajstić information content (AvgIpc) is 2.49. The Morgan fingerprint density at radius 2 is 2.00 bits per heavy atom. The van der Waals surface area contributed by atoms with Crippen molar-refractivity contribution in [1.29, 1.82) is 0 Å². The summed E-state index contributed by atoms with van der Waals surface area (Å²) in [6, 6.07) is 7.54. The lowest BCUT2D eigenvalue weighted by molar-refractivity contribution is 0.415. The summed E-state index contributed by atoms with van der Waals surface area (Å²) in [5.41, 5.74) is 0.882. The van der Waals surface area contributed by atoms with Crippen molar-refractivity contribution in [3.63, 3.8) is 0 Å². The summed E-state index contributed by atoms with van der Waals surface area (Å²) in [4.78, 5) is 8.48. The number of benzene rings is 1. The maximum absolute atomic E-state index is 6.10. The molecule has 0 aliphatic carbocycles. The third-order valence-electron chi connectivity index (χ3n) is 2.63. The van der Waals surface area contributed by atoms with Crippen molar-refractivity contribution >= 4 is 29.1 Å². The first-order valence-electron chi connectivity index (χ1n) is 6.40. The Morgan fingerprint density at radius 3 is 2.65 bits per heavy atom. The van der Waals surface area contributed by atoms with Gasteiger partial charge in [-0.3, -0.25) is 0 Å². The Bertz CT molecular complexity index is 560. The fourth-order valence-electron chi connectivity index (χ4n) is 1.59. The van der Waals surface area contributed by atoms with Crippen LogP contribution < -0.4 is 15.4 Å². The minimum Gasteiger partial charge on any atom is -0.497 e. The second-order valence-electron chi connectivity index (χ2n) is 4.17. The van der Waals surface area contributed by atoms with Crippen LogP contribution in [0.5, 0.6) is 5.75 Å². The number of nitrogens with zero attached hydrogens (tertiary/aromatic N) is 2. The van der Waals surface area contributed by atoms with Crippen LogP contribution in [0.2, 0.25) is 5.02 Å². The van der Waals surface area contributed by atoms with Crippen molar-refractivity contribution in [1.82, 2.24) is 9.97 Å². The summed E-state index contributed by atoms with van der Waals surface area (Å²) >= 11 is 6.10. The lowest BCUT2D eigenvalue weighted by atomic mass is 10.3. The molecule has 0 fully saturated rings. The van der Waals surface area contributed by atoms with Gasteiger partial charge in [-0.2, -0.15) is 4.98 Å².